The first-order valence-corrected chi connectivity index (χ1v) is 7.45. The highest BCUT2D eigenvalue weighted by Crippen LogP contribution is 2.22. The van der Waals surface area contributed by atoms with E-state index >= 15 is 0 Å². The summed E-state index contributed by atoms with van der Waals surface area (Å²) in [7, 11) is -0.632. The fourth-order valence-electron chi connectivity index (χ4n) is 2.11. The molecular weight excluding hydrogens is 208 g/mol. The number of carbonyl (C=O) groups is 1. The Morgan fingerprint density at radius 1 is 1.20 bits per heavy atom. The van der Waals surface area contributed by atoms with E-state index in [-0.39, 0.29) is 5.78 Å². The molecule has 0 amide bonds. The zero-order chi connectivity index (χ0) is 11.1. The molecule has 2 nitrogen and oxygen atoms in total. The summed E-state index contributed by atoms with van der Waals surface area (Å²) in [6.07, 6.45) is 8.64. The SMILES string of the molecule is CC(=O)CCCCS(=O)C1CCCCC1. The van der Waals surface area contributed by atoms with Crippen LogP contribution in [0.4, 0.5) is 0 Å². The Balaban J connectivity index is 2.09. The first kappa shape index (κ1) is 12.9. The van der Waals surface area contributed by atoms with E-state index in [4.69, 9.17) is 0 Å². The third kappa shape index (κ3) is 5.45. The number of unbranched alkanes of at least 4 members (excludes halogenated alkanes) is 1. The van der Waals surface area contributed by atoms with Crippen molar-refractivity contribution in [2.45, 2.75) is 63.5 Å². The second-order valence-corrected chi connectivity index (χ2v) is 6.34. The predicted octanol–water partition coefficient (Wildman–Crippen LogP) is 2.83. The van der Waals surface area contributed by atoms with Crippen molar-refractivity contribution in [3.05, 3.63) is 0 Å². The van der Waals surface area contributed by atoms with Gasteiger partial charge in [-0.25, -0.2) is 0 Å². The molecular formula is C12H22O2S. The van der Waals surface area contributed by atoms with Gasteiger partial charge >= 0.3 is 0 Å². The van der Waals surface area contributed by atoms with Crippen molar-refractivity contribution in [3.8, 4) is 0 Å². The smallest absolute Gasteiger partial charge is 0.129 e. The summed E-state index contributed by atoms with van der Waals surface area (Å²) in [5.74, 6) is 1.05. The Kier molecular flexibility index (Phi) is 6.15. The quantitative estimate of drug-likeness (QED) is 0.658. The highest BCUT2D eigenvalue weighted by Gasteiger charge is 2.18. The molecule has 1 saturated carbocycles. The molecule has 0 aromatic heterocycles. The second kappa shape index (κ2) is 7.15. The molecule has 0 N–H and O–H groups in total. The minimum atomic E-state index is -0.632. The molecule has 0 aromatic carbocycles. The number of hydrogen-bond acceptors (Lipinski definition) is 2. The first-order valence-electron chi connectivity index (χ1n) is 6.07. The molecule has 1 aliphatic carbocycles. The summed E-state index contributed by atoms with van der Waals surface area (Å²) >= 11 is 0. The van der Waals surface area contributed by atoms with Crippen molar-refractivity contribution >= 4 is 16.6 Å². The molecule has 0 saturated heterocycles. The van der Waals surface area contributed by atoms with Crippen LogP contribution in [0.1, 0.15) is 58.3 Å². The molecule has 0 aromatic rings. The van der Waals surface area contributed by atoms with Gasteiger partial charge in [-0.3, -0.25) is 4.21 Å². The van der Waals surface area contributed by atoms with Crippen molar-refractivity contribution in [1.82, 2.24) is 0 Å². The van der Waals surface area contributed by atoms with Gasteiger partial charge in [0.2, 0.25) is 0 Å². The van der Waals surface area contributed by atoms with Gasteiger partial charge in [-0.15, -0.1) is 0 Å². The maximum Gasteiger partial charge on any atom is 0.129 e. The van der Waals surface area contributed by atoms with Gasteiger partial charge in [-0.2, -0.15) is 0 Å². The lowest BCUT2D eigenvalue weighted by atomic mass is 10.0. The summed E-state index contributed by atoms with van der Waals surface area (Å²) in [5, 5.41) is 0.455. The fraction of sp³-hybridized carbons (Fsp3) is 0.917. The van der Waals surface area contributed by atoms with E-state index in [1.807, 2.05) is 0 Å². The summed E-state index contributed by atoms with van der Waals surface area (Å²) in [4.78, 5) is 10.7. The number of Topliss-reactive ketones (excluding diaryl/α,β-unsaturated/α-hetero) is 1. The summed E-state index contributed by atoms with van der Waals surface area (Å²) in [6, 6.07) is 0. The van der Waals surface area contributed by atoms with Gasteiger partial charge in [-0.05, 0) is 32.6 Å². The van der Waals surface area contributed by atoms with E-state index < -0.39 is 10.8 Å². The van der Waals surface area contributed by atoms with Crippen molar-refractivity contribution in [1.29, 1.82) is 0 Å². The maximum absolute atomic E-state index is 11.9. The van der Waals surface area contributed by atoms with Gasteiger partial charge in [0, 0.05) is 28.2 Å². The van der Waals surface area contributed by atoms with Crippen molar-refractivity contribution in [2.75, 3.05) is 5.75 Å². The Bertz CT molecular complexity index is 220. The summed E-state index contributed by atoms with van der Waals surface area (Å²) < 4.78 is 11.9. The van der Waals surface area contributed by atoms with Crippen LogP contribution in [0, 0.1) is 0 Å². The van der Waals surface area contributed by atoms with Crippen LogP contribution >= 0.6 is 0 Å². The topological polar surface area (TPSA) is 34.1 Å². The van der Waals surface area contributed by atoms with Crippen LogP contribution < -0.4 is 0 Å². The fourth-order valence-corrected chi connectivity index (χ4v) is 3.79. The molecule has 15 heavy (non-hydrogen) atoms. The van der Waals surface area contributed by atoms with Gasteiger partial charge in [0.15, 0.2) is 0 Å². The monoisotopic (exact) mass is 230 g/mol. The predicted molar refractivity (Wildman–Crippen MR) is 64.4 cm³/mol. The third-order valence-corrected chi connectivity index (χ3v) is 4.95. The molecule has 1 atom stereocenters. The van der Waals surface area contributed by atoms with Crippen LogP contribution in [0.2, 0.25) is 0 Å². The van der Waals surface area contributed by atoms with E-state index in [1.165, 1.54) is 19.3 Å². The number of hydrogen-bond donors (Lipinski definition) is 0. The highest BCUT2D eigenvalue weighted by molar-refractivity contribution is 7.85. The molecule has 1 rings (SSSR count). The Hall–Kier alpha value is -0.180. The van der Waals surface area contributed by atoms with E-state index in [2.05, 4.69) is 0 Å². The number of carbonyl (C=O) groups excluding carboxylic acids is 1. The van der Waals surface area contributed by atoms with Crippen molar-refractivity contribution in [3.63, 3.8) is 0 Å². The molecule has 0 heterocycles. The van der Waals surface area contributed by atoms with Crippen LogP contribution in [0.15, 0.2) is 0 Å². The molecule has 0 radical (unpaired) electrons. The molecule has 1 fully saturated rings. The van der Waals surface area contributed by atoms with Gasteiger partial charge < -0.3 is 4.79 Å². The van der Waals surface area contributed by atoms with Crippen LogP contribution in [0.25, 0.3) is 0 Å². The van der Waals surface area contributed by atoms with Crippen LogP contribution in [0.3, 0.4) is 0 Å². The van der Waals surface area contributed by atoms with E-state index in [0.717, 1.165) is 31.4 Å². The lowest BCUT2D eigenvalue weighted by Crippen LogP contribution is -2.20. The van der Waals surface area contributed by atoms with Gasteiger partial charge in [-0.1, -0.05) is 19.3 Å². The van der Waals surface area contributed by atoms with Crippen molar-refractivity contribution in [2.24, 2.45) is 0 Å². The maximum atomic E-state index is 11.9. The lowest BCUT2D eigenvalue weighted by Gasteiger charge is -2.20. The highest BCUT2D eigenvalue weighted by atomic mass is 32.2. The van der Waals surface area contributed by atoms with Crippen LogP contribution in [0.5, 0.6) is 0 Å². The molecule has 1 unspecified atom stereocenters. The lowest BCUT2D eigenvalue weighted by molar-refractivity contribution is -0.117. The van der Waals surface area contributed by atoms with Gasteiger partial charge in [0.25, 0.3) is 0 Å². The van der Waals surface area contributed by atoms with Crippen LogP contribution in [-0.4, -0.2) is 21.0 Å². The zero-order valence-corrected chi connectivity index (χ0v) is 10.5. The largest absolute Gasteiger partial charge is 0.300 e. The molecule has 0 bridgehead atoms. The second-order valence-electron chi connectivity index (χ2n) is 4.50. The molecule has 0 aliphatic heterocycles. The van der Waals surface area contributed by atoms with Crippen molar-refractivity contribution < 1.29 is 9.00 Å². The normalized spacial score (nSPS) is 20.1. The van der Waals surface area contributed by atoms with E-state index in [0.29, 0.717) is 11.7 Å². The van der Waals surface area contributed by atoms with E-state index in [1.54, 1.807) is 6.92 Å². The number of ketones is 1. The average Bonchev–Trinajstić information content (AvgIpc) is 2.25. The van der Waals surface area contributed by atoms with Gasteiger partial charge in [0.05, 0.1) is 0 Å². The Morgan fingerprint density at radius 2 is 1.87 bits per heavy atom. The van der Waals surface area contributed by atoms with E-state index in [9.17, 15) is 9.00 Å². The Morgan fingerprint density at radius 3 is 2.47 bits per heavy atom. The first-order chi connectivity index (χ1) is 7.20. The summed E-state index contributed by atoms with van der Waals surface area (Å²) in [6.45, 7) is 1.62. The van der Waals surface area contributed by atoms with Crippen LogP contribution in [-0.2, 0) is 15.6 Å². The minimum Gasteiger partial charge on any atom is -0.300 e. The minimum absolute atomic E-state index is 0.249. The molecule has 1 aliphatic rings. The third-order valence-electron chi connectivity index (χ3n) is 3.05. The molecule has 0 spiro atoms. The molecule has 88 valence electrons. The average molecular weight is 230 g/mol. The summed E-state index contributed by atoms with van der Waals surface area (Å²) in [5.41, 5.74) is 0. The standard InChI is InChI=1S/C12H22O2S/c1-11(13)7-5-6-10-15(14)12-8-3-2-4-9-12/h12H,2-10H2,1H3. The zero-order valence-electron chi connectivity index (χ0n) is 9.67. The molecule has 3 heteroatoms. The van der Waals surface area contributed by atoms with Gasteiger partial charge in [0.1, 0.15) is 5.78 Å². The number of rotatable bonds is 6. The Labute approximate surface area is 95.3 Å².